The third kappa shape index (κ3) is 2.84. The van der Waals surface area contributed by atoms with Gasteiger partial charge in [-0.2, -0.15) is 11.3 Å². The molecule has 0 saturated heterocycles. The summed E-state index contributed by atoms with van der Waals surface area (Å²) in [5, 5.41) is 17.9. The minimum absolute atomic E-state index is 0.165. The number of carbonyl (C=O) groups excluding carboxylic acids is 1. The molecule has 0 fully saturated rings. The topological polar surface area (TPSA) is 65.1 Å². The molecule has 108 valence electrons. The van der Waals surface area contributed by atoms with Crippen molar-refractivity contribution < 1.29 is 9.90 Å². The maximum atomic E-state index is 12.2. The van der Waals surface area contributed by atoms with Crippen molar-refractivity contribution in [3.8, 4) is 0 Å². The predicted octanol–water partition coefficient (Wildman–Crippen LogP) is 2.87. The highest BCUT2D eigenvalue weighted by molar-refractivity contribution is 7.08. The highest BCUT2D eigenvalue weighted by Gasteiger charge is 2.24. The van der Waals surface area contributed by atoms with Crippen LogP contribution in [0.5, 0.6) is 0 Å². The second-order valence-corrected chi connectivity index (χ2v) is 6.02. The summed E-state index contributed by atoms with van der Waals surface area (Å²) in [5.74, 6) is -0.221. The molecule has 3 rings (SSSR count). The van der Waals surface area contributed by atoms with Crippen LogP contribution in [0, 0.1) is 0 Å². The zero-order valence-electron chi connectivity index (χ0n) is 11.6. The van der Waals surface area contributed by atoms with Gasteiger partial charge in [-0.15, -0.1) is 0 Å². The van der Waals surface area contributed by atoms with Gasteiger partial charge in [0.05, 0.1) is 6.54 Å². The average Bonchev–Trinajstić information content (AvgIpc) is 3.13. The lowest BCUT2D eigenvalue weighted by Gasteiger charge is -2.22. The van der Waals surface area contributed by atoms with Crippen molar-refractivity contribution in [1.29, 1.82) is 0 Å². The Bertz CT molecular complexity index is 727. The molecule has 0 spiro atoms. The number of para-hydroxylation sites is 1. The van der Waals surface area contributed by atoms with Gasteiger partial charge in [0.1, 0.15) is 11.3 Å². The van der Waals surface area contributed by atoms with Crippen LogP contribution in [0.4, 0.5) is 0 Å². The summed E-state index contributed by atoms with van der Waals surface area (Å²) in [6, 6.07) is 11.4. The lowest BCUT2D eigenvalue weighted by Crippen LogP contribution is -2.38. The summed E-state index contributed by atoms with van der Waals surface area (Å²) < 4.78 is 0. The standard InChI is InChI=1S/C16H16N2O2S/c1-16(20,12-6-7-21-9-12)10-17-15(19)14-8-11-4-2-3-5-13(11)18-14/h2-9,18,20H,10H2,1H3,(H,17,19)/t16-/m1/s1. The molecule has 21 heavy (non-hydrogen) atoms. The van der Waals surface area contributed by atoms with Crippen LogP contribution in [0.3, 0.4) is 0 Å². The number of amides is 1. The monoisotopic (exact) mass is 300 g/mol. The maximum absolute atomic E-state index is 12.2. The first-order valence-electron chi connectivity index (χ1n) is 6.67. The van der Waals surface area contributed by atoms with Gasteiger partial charge in [-0.1, -0.05) is 18.2 Å². The molecule has 1 amide bonds. The summed E-state index contributed by atoms with van der Waals surface area (Å²) in [6.07, 6.45) is 0. The van der Waals surface area contributed by atoms with Crippen molar-refractivity contribution in [2.45, 2.75) is 12.5 Å². The van der Waals surface area contributed by atoms with Crippen molar-refractivity contribution in [2.24, 2.45) is 0 Å². The number of rotatable bonds is 4. The summed E-state index contributed by atoms with van der Waals surface area (Å²) in [6.45, 7) is 1.86. The fraction of sp³-hybridized carbons (Fsp3) is 0.188. The van der Waals surface area contributed by atoms with Gasteiger partial charge in [0, 0.05) is 10.9 Å². The Balaban J connectivity index is 1.72. The minimum atomic E-state index is -1.07. The van der Waals surface area contributed by atoms with Gasteiger partial charge >= 0.3 is 0 Å². The van der Waals surface area contributed by atoms with E-state index in [-0.39, 0.29) is 12.5 Å². The molecule has 3 N–H and O–H groups in total. The van der Waals surface area contributed by atoms with Gasteiger partial charge in [-0.25, -0.2) is 0 Å². The van der Waals surface area contributed by atoms with Gasteiger partial charge in [-0.05, 0) is 41.4 Å². The minimum Gasteiger partial charge on any atom is -0.384 e. The normalized spacial score (nSPS) is 14.0. The number of thiophene rings is 1. The first kappa shape index (κ1) is 13.9. The summed E-state index contributed by atoms with van der Waals surface area (Å²) in [5.41, 5.74) is 1.16. The molecule has 0 aliphatic carbocycles. The van der Waals surface area contributed by atoms with Crippen molar-refractivity contribution in [3.05, 3.63) is 58.4 Å². The molecular formula is C16H16N2O2S. The predicted molar refractivity (Wildman–Crippen MR) is 84.5 cm³/mol. The van der Waals surface area contributed by atoms with Crippen LogP contribution in [0.2, 0.25) is 0 Å². The van der Waals surface area contributed by atoms with Gasteiger partial charge in [-0.3, -0.25) is 4.79 Å². The van der Waals surface area contributed by atoms with Crippen LogP contribution in [0.25, 0.3) is 10.9 Å². The van der Waals surface area contributed by atoms with Crippen molar-refractivity contribution in [2.75, 3.05) is 6.54 Å². The number of aromatic nitrogens is 1. The molecule has 5 heteroatoms. The third-order valence-corrected chi connectivity index (χ3v) is 4.19. The van der Waals surface area contributed by atoms with Crippen LogP contribution in [-0.4, -0.2) is 22.5 Å². The summed E-state index contributed by atoms with van der Waals surface area (Å²) in [7, 11) is 0. The Hall–Kier alpha value is -2.11. The van der Waals surface area contributed by atoms with E-state index in [0.29, 0.717) is 5.69 Å². The van der Waals surface area contributed by atoms with E-state index in [1.165, 1.54) is 11.3 Å². The van der Waals surface area contributed by atoms with E-state index < -0.39 is 5.60 Å². The quantitative estimate of drug-likeness (QED) is 0.693. The number of fused-ring (bicyclic) bond motifs is 1. The molecule has 0 aliphatic rings. The first-order chi connectivity index (χ1) is 10.1. The van der Waals surface area contributed by atoms with E-state index in [2.05, 4.69) is 10.3 Å². The molecule has 0 aliphatic heterocycles. The second kappa shape index (κ2) is 5.35. The van der Waals surface area contributed by atoms with Gasteiger partial charge in [0.15, 0.2) is 0 Å². The highest BCUT2D eigenvalue weighted by atomic mass is 32.1. The van der Waals surface area contributed by atoms with Crippen LogP contribution in [0.15, 0.2) is 47.2 Å². The van der Waals surface area contributed by atoms with Gasteiger partial charge in [0.25, 0.3) is 5.91 Å². The molecule has 1 atom stereocenters. The zero-order valence-corrected chi connectivity index (χ0v) is 12.4. The van der Waals surface area contributed by atoms with E-state index in [1.807, 2.05) is 47.2 Å². The number of H-pyrrole nitrogens is 1. The third-order valence-electron chi connectivity index (χ3n) is 3.51. The summed E-state index contributed by atoms with van der Waals surface area (Å²) in [4.78, 5) is 15.3. The highest BCUT2D eigenvalue weighted by Crippen LogP contribution is 2.22. The first-order valence-corrected chi connectivity index (χ1v) is 7.61. The average molecular weight is 300 g/mol. The number of aromatic amines is 1. The Labute approximate surface area is 126 Å². The fourth-order valence-corrected chi connectivity index (χ4v) is 3.00. The Kier molecular flexibility index (Phi) is 3.53. The molecule has 4 nitrogen and oxygen atoms in total. The van der Waals surface area contributed by atoms with Crippen LogP contribution >= 0.6 is 11.3 Å². The van der Waals surface area contributed by atoms with Crippen molar-refractivity contribution in [3.63, 3.8) is 0 Å². The number of hydrogen-bond donors (Lipinski definition) is 3. The van der Waals surface area contributed by atoms with E-state index in [0.717, 1.165) is 16.5 Å². The van der Waals surface area contributed by atoms with Crippen molar-refractivity contribution >= 4 is 28.1 Å². The van der Waals surface area contributed by atoms with Crippen LogP contribution in [0.1, 0.15) is 23.0 Å². The number of aliphatic hydroxyl groups is 1. The zero-order chi connectivity index (χ0) is 14.9. The van der Waals surface area contributed by atoms with Crippen molar-refractivity contribution in [1.82, 2.24) is 10.3 Å². The summed E-state index contributed by atoms with van der Waals surface area (Å²) >= 11 is 1.52. The smallest absolute Gasteiger partial charge is 0.267 e. The molecular weight excluding hydrogens is 284 g/mol. The molecule has 0 radical (unpaired) electrons. The number of hydrogen-bond acceptors (Lipinski definition) is 3. The van der Waals surface area contributed by atoms with E-state index in [1.54, 1.807) is 6.92 Å². The molecule has 0 unspecified atom stereocenters. The molecule has 3 aromatic rings. The second-order valence-electron chi connectivity index (χ2n) is 5.24. The molecule has 2 aromatic heterocycles. The molecule has 0 bridgehead atoms. The SMILES string of the molecule is C[C@@](O)(CNC(=O)c1cc2ccccc2[nH]1)c1ccsc1. The van der Waals surface area contributed by atoms with Gasteiger partial charge < -0.3 is 15.4 Å². The van der Waals surface area contributed by atoms with E-state index >= 15 is 0 Å². The number of nitrogens with one attached hydrogen (secondary N) is 2. The maximum Gasteiger partial charge on any atom is 0.267 e. The van der Waals surface area contributed by atoms with E-state index in [9.17, 15) is 9.90 Å². The number of benzene rings is 1. The van der Waals surface area contributed by atoms with Crippen LogP contribution in [-0.2, 0) is 5.60 Å². The fourth-order valence-electron chi connectivity index (χ4n) is 2.22. The van der Waals surface area contributed by atoms with Crippen LogP contribution < -0.4 is 5.32 Å². The Morgan fingerprint density at radius 3 is 2.90 bits per heavy atom. The van der Waals surface area contributed by atoms with Gasteiger partial charge in [0.2, 0.25) is 0 Å². The molecule has 0 saturated carbocycles. The Morgan fingerprint density at radius 1 is 1.38 bits per heavy atom. The number of carbonyl (C=O) groups is 1. The lowest BCUT2D eigenvalue weighted by atomic mass is 9.99. The molecule has 2 heterocycles. The molecule has 1 aromatic carbocycles. The Morgan fingerprint density at radius 2 is 2.19 bits per heavy atom. The van der Waals surface area contributed by atoms with E-state index in [4.69, 9.17) is 0 Å². The lowest BCUT2D eigenvalue weighted by molar-refractivity contribution is 0.0529. The largest absolute Gasteiger partial charge is 0.384 e.